The molecule has 2 amide bonds. The Kier molecular flexibility index (Phi) is 5.94. The number of hydrogen-bond acceptors (Lipinski definition) is 4. The van der Waals surface area contributed by atoms with Gasteiger partial charge in [-0.1, -0.05) is 48.5 Å². The number of ether oxygens (including phenoxy) is 1. The van der Waals surface area contributed by atoms with Crippen molar-refractivity contribution in [2.45, 2.75) is 49.6 Å². The number of halogens is 2. The molecule has 0 aromatic heterocycles. The fourth-order valence-electron chi connectivity index (χ4n) is 5.65. The highest BCUT2D eigenvalue weighted by molar-refractivity contribution is 5.86. The van der Waals surface area contributed by atoms with E-state index in [2.05, 4.69) is 17.4 Å². The maximum absolute atomic E-state index is 13.8. The van der Waals surface area contributed by atoms with Crippen LogP contribution >= 0.6 is 0 Å². The Morgan fingerprint density at radius 2 is 1.66 bits per heavy atom. The molecule has 1 unspecified atom stereocenters. The second-order valence-corrected chi connectivity index (χ2v) is 9.56. The summed E-state index contributed by atoms with van der Waals surface area (Å²) >= 11 is 0. The molecule has 2 aliphatic carbocycles. The predicted molar refractivity (Wildman–Crippen MR) is 122 cm³/mol. The van der Waals surface area contributed by atoms with Crippen molar-refractivity contribution in [1.82, 2.24) is 10.2 Å². The number of alkyl carbamates (subject to hydrolysis) is 1. The molecule has 1 aliphatic heterocycles. The molecule has 9 heteroatoms. The van der Waals surface area contributed by atoms with Crippen molar-refractivity contribution in [3.8, 4) is 11.1 Å². The van der Waals surface area contributed by atoms with E-state index in [0.717, 1.165) is 27.2 Å². The lowest BCUT2D eigenvalue weighted by Crippen LogP contribution is -2.44. The van der Waals surface area contributed by atoms with Crippen LogP contribution in [0.25, 0.3) is 11.1 Å². The van der Waals surface area contributed by atoms with Gasteiger partial charge in [0.15, 0.2) is 0 Å². The van der Waals surface area contributed by atoms with Crippen molar-refractivity contribution in [1.29, 1.82) is 0 Å². The molecule has 3 aliphatic rings. The van der Waals surface area contributed by atoms with Gasteiger partial charge in [-0.15, -0.1) is 0 Å². The smallest absolute Gasteiger partial charge is 0.407 e. The number of carbonyl (C=O) groups excluding carboxylic acids is 2. The molecule has 184 valence electrons. The van der Waals surface area contributed by atoms with Crippen LogP contribution in [0.2, 0.25) is 0 Å². The van der Waals surface area contributed by atoms with Crippen molar-refractivity contribution >= 4 is 18.0 Å². The summed E-state index contributed by atoms with van der Waals surface area (Å²) in [5.41, 5.74) is 4.45. The minimum atomic E-state index is -3.21. The summed E-state index contributed by atoms with van der Waals surface area (Å²) in [6.45, 7) is -0.720. The highest BCUT2D eigenvalue weighted by Gasteiger charge is 2.51. The Hall–Kier alpha value is -3.49. The van der Waals surface area contributed by atoms with Crippen LogP contribution in [0.4, 0.5) is 13.6 Å². The first-order valence-corrected chi connectivity index (χ1v) is 11.8. The minimum absolute atomic E-state index is 0.0733. The van der Waals surface area contributed by atoms with Crippen LogP contribution in [-0.2, 0) is 14.3 Å². The van der Waals surface area contributed by atoms with E-state index < -0.39 is 48.8 Å². The second-order valence-electron chi connectivity index (χ2n) is 9.56. The number of benzene rings is 2. The van der Waals surface area contributed by atoms with Gasteiger partial charge in [0.1, 0.15) is 12.6 Å². The molecule has 35 heavy (non-hydrogen) atoms. The number of fused-ring (bicyclic) bond motifs is 3. The van der Waals surface area contributed by atoms with Gasteiger partial charge >= 0.3 is 12.1 Å². The first kappa shape index (κ1) is 23.3. The van der Waals surface area contributed by atoms with E-state index in [0.29, 0.717) is 12.8 Å². The highest BCUT2D eigenvalue weighted by atomic mass is 19.3. The van der Waals surface area contributed by atoms with Gasteiger partial charge in [-0.3, -0.25) is 4.79 Å². The molecule has 1 saturated heterocycles. The van der Waals surface area contributed by atoms with Crippen LogP contribution in [0.3, 0.4) is 0 Å². The zero-order valence-electron chi connectivity index (χ0n) is 19.0. The zero-order chi connectivity index (χ0) is 24.7. The summed E-state index contributed by atoms with van der Waals surface area (Å²) in [6, 6.07) is 14.2. The van der Waals surface area contributed by atoms with Gasteiger partial charge in [0.05, 0.1) is 6.54 Å². The first-order valence-electron chi connectivity index (χ1n) is 11.8. The largest absolute Gasteiger partial charge is 0.480 e. The molecule has 1 saturated carbocycles. The lowest BCUT2D eigenvalue weighted by molar-refractivity contribution is -0.149. The Morgan fingerprint density at radius 3 is 2.29 bits per heavy atom. The third kappa shape index (κ3) is 4.47. The summed E-state index contributed by atoms with van der Waals surface area (Å²) in [4.78, 5) is 37.5. The number of nitrogens with one attached hydrogen (secondary N) is 1. The summed E-state index contributed by atoms with van der Waals surface area (Å²) in [5.74, 6) is -5.91. The number of alkyl halides is 2. The third-order valence-electron chi connectivity index (χ3n) is 7.29. The minimum Gasteiger partial charge on any atom is -0.480 e. The number of amides is 2. The van der Waals surface area contributed by atoms with Gasteiger partial charge in [-0.25, -0.2) is 18.4 Å². The highest BCUT2D eigenvalue weighted by Crippen LogP contribution is 2.44. The van der Waals surface area contributed by atoms with Crippen molar-refractivity contribution in [2.24, 2.45) is 5.92 Å². The number of hydrogen-bond donors (Lipinski definition) is 2. The van der Waals surface area contributed by atoms with Gasteiger partial charge in [0.25, 0.3) is 5.92 Å². The molecule has 0 bridgehead atoms. The summed E-state index contributed by atoms with van der Waals surface area (Å²) < 4.78 is 33.1. The van der Waals surface area contributed by atoms with Crippen molar-refractivity contribution < 1.29 is 33.0 Å². The van der Waals surface area contributed by atoms with Gasteiger partial charge in [-0.2, -0.15) is 0 Å². The number of nitrogens with zero attached hydrogens (tertiary/aromatic N) is 1. The van der Waals surface area contributed by atoms with Crippen molar-refractivity contribution in [3.63, 3.8) is 0 Å². The Morgan fingerprint density at radius 1 is 1.03 bits per heavy atom. The summed E-state index contributed by atoms with van der Waals surface area (Å²) in [5, 5.41) is 12.0. The fourth-order valence-corrected chi connectivity index (χ4v) is 5.65. The molecule has 2 aromatic rings. The van der Waals surface area contributed by atoms with Crippen LogP contribution in [0.1, 0.15) is 42.7 Å². The fraction of sp³-hybridized carbons (Fsp3) is 0.423. The predicted octanol–water partition coefficient (Wildman–Crippen LogP) is 4.01. The average Bonchev–Trinajstić information content (AvgIpc) is 3.51. The number of carboxylic acids is 1. The number of carbonyl (C=O) groups is 3. The number of rotatable bonds is 5. The topological polar surface area (TPSA) is 95.9 Å². The molecule has 0 radical (unpaired) electrons. The van der Waals surface area contributed by atoms with Gasteiger partial charge in [0, 0.05) is 24.3 Å². The first-order chi connectivity index (χ1) is 16.7. The number of carboxylic acid groups (broad SMARTS) is 1. The second kappa shape index (κ2) is 8.94. The van der Waals surface area contributed by atoms with E-state index in [-0.39, 0.29) is 25.0 Å². The van der Waals surface area contributed by atoms with Crippen LogP contribution in [0, 0.1) is 5.92 Å². The maximum atomic E-state index is 13.8. The Labute approximate surface area is 201 Å². The summed E-state index contributed by atoms with van der Waals surface area (Å²) in [6.07, 6.45) is -0.329. The van der Waals surface area contributed by atoms with Gasteiger partial charge < -0.3 is 20.1 Å². The van der Waals surface area contributed by atoms with Crippen LogP contribution in [0.5, 0.6) is 0 Å². The average molecular weight is 484 g/mol. The standard InChI is InChI=1S/C26H26F2N2O5/c27-26(28)12-22(24(32)33)30(14-26)23(31)15-9-10-16(11-15)29-25(34)35-13-21-19-7-3-1-5-17(19)18-6-2-4-8-20(18)21/h1-8,15-16,21-22H,9-14H2,(H,29,34)(H,32,33)/t15-,16+,22?/m0/s1. The SMILES string of the molecule is O=C(N[C@@H]1CC[C@H](C(=O)N2CC(F)(F)CC2C(=O)O)C1)OCC1c2ccccc2-c2ccccc21. The quantitative estimate of drug-likeness (QED) is 0.669. The molecule has 2 aromatic carbocycles. The Balaban J connectivity index is 1.17. The van der Waals surface area contributed by atoms with E-state index in [9.17, 15) is 28.3 Å². The lowest BCUT2D eigenvalue weighted by atomic mass is 9.98. The molecule has 1 heterocycles. The maximum Gasteiger partial charge on any atom is 0.407 e. The Bertz CT molecular complexity index is 1120. The lowest BCUT2D eigenvalue weighted by Gasteiger charge is -2.24. The van der Waals surface area contributed by atoms with E-state index in [4.69, 9.17) is 4.74 Å². The van der Waals surface area contributed by atoms with E-state index in [1.165, 1.54) is 0 Å². The zero-order valence-corrected chi connectivity index (χ0v) is 19.0. The molecule has 7 nitrogen and oxygen atoms in total. The van der Waals surface area contributed by atoms with E-state index in [1.807, 2.05) is 36.4 Å². The van der Waals surface area contributed by atoms with E-state index >= 15 is 0 Å². The molecular formula is C26H26F2N2O5. The van der Waals surface area contributed by atoms with Crippen LogP contribution in [-0.4, -0.2) is 59.1 Å². The molecule has 0 spiro atoms. The van der Waals surface area contributed by atoms with Gasteiger partial charge in [0.2, 0.25) is 5.91 Å². The van der Waals surface area contributed by atoms with Crippen LogP contribution < -0.4 is 5.32 Å². The third-order valence-corrected chi connectivity index (χ3v) is 7.29. The summed E-state index contributed by atoms with van der Waals surface area (Å²) in [7, 11) is 0. The van der Waals surface area contributed by atoms with Gasteiger partial charge in [-0.05, 0) is 41.5 Å². The van der Waals surface area contributed by atoms with Crippen LogP contribution in [0.15, 0.2) is 48.5 Å². The van der Waals surface area contributed by atoms with Crippen molar-refractivity contribution in [3.05, 3.63) is 59.7 Å². The molecular weight excluding hydrogens is 458 g/mol. The number of likely N-dealkylation sites (tertiary alicyclic amines) is 1. The normalized spacial score (nSPS) is 24.6. The van der Waals surface area contributed by atoms with Crippen molar-refractivity contribution in [2.75, 3.05) is 13.2 Å². The molecule has 5 rings (SSSR count). The molecule has 2 fully saturated rings. The van der Waals surface area contributed by atoms with E-state index in [1.54, 1.807) is 0 Å². The molecule has 3 atom stereocenters. The monoisotopic (exact) mass is 484 g/mol. The number of aliphatic carboxylic acids is 1. The molecule has 2 N–H and O–H groups in total.